The van der Waals surface area contributed by atoms with E-state index in [0.717, 1.165) is 4.90 Å². The Labute approximate surface area is 108 Å². The molecule has 0 saturated carbocycles. The van der Waals surface area contributed by atoms with Gasteiger partial charge in [0.25, 0.3) is 0 Å². The van der Waals surface area contributed by atoms with E-state index in [-0.39, 0.29) is 25.4 Å². The molecule has 2 fully saturated rings. The van der Waals surface area contributed by atoms with Crippen LogP contribution in [0.4, 0.5) is 13.2 Å². The monoisotopic (exact) mass is 280 g/mol. The zero-order valence-electron chi connectivity index (χ0n) is 10.3. The van der Waals surface area contributed by atoms with Crippen LogP contribution in [0.1, 0.15) is 6.42 Å². The molecule has 0 radical (unpaired) electrons. The van der Waals surface area contributed by atoms with Crippen LogP contribution in [-0.2, 0) is 14.3 Å². The van der Waals surface area contributed by atoms with Crippen molar-refractivity contribution in [3.8, 4) is 0 Å². The minimum Gasteiger partial charge on any atom is -0.378 e. The molecule has 2 heterocycles. The highest BCUT2D eigenvalue weighted by atomic mass is 19.4. The third-order valence-electron chi connectivity index (χ3n) is 3.38. The van der Waals surface area contributed by atoms with Crippen LogP contribution < -0.4 is 0 Å². The first-order valence-electron chi connectivity index (χ1n) is 6.10. The van der Waals surface area contributed by atoms with Gasteiger partial charge in [-0.1, -0.05) is 0 Å². The van der Waals surface area contributed by atoms with Gasteiger partial charge in [0.05, 0.1) is 19.8 Å². The molecular formula is C11H15F3N2O3. The lowest BCUT2D eigenvalue weighted by atomic mass is 10.1. The number of carbonyl (C=O) groups excluding carboxylic acids is 2. The maximum Gasteiger partial charge on any atom is 0.400 e. The Balaban J connectivity index is 1.90. The van der Waals surface area contributed by atoms with Gasteiger partial charge in [-0.15, -0.1) is 0 Å². The summed E-state index contributed by atoms with van der Waals surface area (Å²) in [6.45, 7) is 1.40. The van der Waals surface area contributed by atoms with Gasteiger partial charge in [0.15, 0.2) is 0 Å². The summed E-state index contributed by atoms with van der Waals surface area (Å²) in [6.07, 6.45) is -4.79. The lowest BCUT2D eigenvalue weighted by Gasteiger charge is -2.28. The second kappa shape index (κ2) is 5.36. The first-order chi connectivity index (χ1) is 8.89. The fourth-order valence-corrected chi connectivity index (χ4v) is 2.28. The summed E-state index contributed by atoms with van der Waals surface area (Å²) in [4.78, 5) is 25.9. The number of rotatable bonds is 2. The molecule has 1 atom stereocenters. The van der Waals surface area contributed by atoms with Gasteiger partial charge in [-0.3, -0.25) is 9.59 Å². The lowest BCUT2D eigenvalue weighted by Crippen LogP contribution is -2.46. The number of amides is 2. The molecule has 5 nitrogen and oxygen atoms in total. The molecule has 0 aromatic carbocycles. The molecule has 8 heteroatoms. The van der Waals surface area contributed by atoms with E-state index in [0.29, 0.717) is 26.3 Å². The molecule has 2 saturated heterocycles. The highest BCUT2D eigenvalue weighted by molar-refractivity contribution is 5.87. The topological polar surface area (TPSA) is 49.9 Å². The van der Waals surface area contributed by atoms with E-state index in [1.165, 1.54) is 4.90 Å². The maximum absolute atomic E-state index is 12.5. The van der Waals surface area contributed by atoms with Crippen molar-refractivity contribution < 1.29 is 27.5 Å². The third kappa shape index (κ3) is 3.17. The average Bonchev–Trinajstić information content (AvgIpc) is 2.72. The van der Waals surface area contributed by atoms with E-state index in [4.69, 9.17) is 4.74 Å². The molecule has 2 aliphatic rings. The Morgan fingerprint density at radius 2 is 1.89 bits per heavy atom. The standard InChI is InChI=1S/C11H15F3N2O3/c12-11(13,14)8-1-2-16(10(8)18)7-9(17)15-3-5-19-6-4-15/h8H,1-7H2. The number of nitrogens with zero attached hydrogens (tertiary/aromatic N) is 2. The molecule has 0 N–H and O–H groups in total. The van der Waals surface area contributed by atoms with Crippen molar-refractivity contribution in [2.45, 2.75) is 12.6 Å². The minimum absolute atomic E-state index is 0.0148. The van der Waals surface area contributed by atoms with E-state index in [1.807, 2.05) is 0 Å². The van der Waals surface area contributed by atoms with Crippen molar-refractivity contribution in [3.63, 3.8) is 0 Å². The van der Waals surface area contributed by atoms with Crippen LogP contribution in [0.2, 0.25) is 0 Å². The van der Waals surface area contributed by atoms with Gasteiger partial charge in [-0.05, 0) is 6.42 Å². The first kappa shape index (κ1) is 14.1. The van der Waals surface area contributed by atoms with Gasteiger partial charge in [-0.25, -0.2) is 0 Å². The van der Waals surface area contributed by atoms with E-state index >= 15 is 0 Å². The Morgan fingerprint density at radius 3 is 2.42 bits per heavy atom. The van der Waals surface area contributed by atoms with Crippen molar-refractivity contribution >= 4 is 11.8 Å². The molecule has 2 rings (SSSR count). The van der Waals surface area contributed by atoms with Gasteiger partial charge < -0.3 is 14.5 Å². The smallest absolute Gasteiger partial charge is 0.378 e. The second-order valence-electron chi connectivity index (χ2n) is 4.64. The van der Waals surface area contributed by atoms with Crippen LogP contribution in [0.3, 0.4) is 0 Å². The molecule has 0 bridgehead atoms. The minimum atomic E-state index is -4.52. The largest absolute Gasteiger partial charge is 0.400 e. The quantitative estimate of drug-likeness (QED) is 0.729. The zero-order chi connectivity index (χ0) is 14.0. The molecule has 0 aliphatic carbocycles. The van der Waals surface area contributed by atoms with Crippen LogP contribution in [-0.4, -0.2) is 67.2 Å². The number of morpholine rings is 1. The van der Waals surface area contributed by atoms with Crippen molar-refractivity contribution in [2.24, 2.45) is 5.92 Å². The van der Waals surface area contributed by atoms with E-state index in [2.05, 4.69) is 0 Å². The molecule has 108 valence electrons. The van der Waals surface area contributed by atoms with Gasteiger partial charge in [0.2, 0.25) is 11.8 Å². The van der Waals surface area contributed by atoms with E-state index < -0.39 is 18.0 Å². The van der Waals surface area contributed by atoms with Crippen molar-refractivity contribution in [2.75, 3.05) is 39.4 Å². The van der Waals surface area contributed by atoms with Crippen molar-refractivity contribution in [1.29, 1.82) is 0 Å². The number of likely N-dealkylation sites (tertiary alicyclic amines) is 1. The summed E-state index contributed by atoms with van der Waals surface area (Å²) < 4.78 is 42.6. The van der Waals surface area contributed by atoms with E-state index in [9.17, 15) is 22.8 Å². The van der Waals surface area contributed by atoms with Gasteiger partial charge >= 0.3 is 6.18 Å². The second-order valence-corrected chi connectivity index (χ2v) is 4.64. The summed E-state index contributed by atoms with van der Waals surface area (Å²) in [5, 5.41) is 0. The Kier molecular flexibility index (Phi) is 3.98. The number of hydrogen-bond donors (Lipinski definition) is 0. The molecular weight excluding hydrogens is 265 g/mol. The van der Waals surface area contributed by atoms with Crippen molar-refractivity contribution in [1.82, 2.24) is 9.80 Å². The highest BCUT2D eigenvalue weighted by Gasteiger charge is 2.50. The van der Waals surface area contributed by atoms with Gasteiger partial charge in [0.1, 0.15) is 5.92 Å². The number of carbonyl (C=O) groups is 2. The number of ether oxygens (including phenoxy) is 1. The first-order valence-corrected chi connectivity index (χ1v) is 6.10. The number of halogens is 3. The van der Waals surface area contributed by atoms with Gasteiger partial charge in [0, 0.05) is 19.6 Å². The fraction of sp³-hybridized carbons (Fsp3) is 0.818. The average molecular weight is 280 g/mol. The summed E-state index contributed by atoms with van der Waals surface area (Å²) in [7, 11) is 0. The number of hydrogen-bond acceptors (Lipinski definition) is 3. The van der Waals surface area contributed by atoms with Crippen LogP contribution in [0.15, 0.2) is 0 Å². The predicted molar refractivity (Wildman–Crippen MR) is 58.1 cm³/mol. The normalized spacial score (nSPS) is 25.0. The molecule has 0 spiro atoms. The van der Waals surface area contributed by atoms with E-state index in [1.54, 1.807) is 0 Å². The van der Waals surface area contributed by atoms with Crippen LogP contribution >= 0.6 is 0 Å². The van der Waals surface area contributed by atoms with Crippen molar-refractivity contribution in [3.05, 3.63) is 0 Å². The predicted octanol–water partition coefficient (Wildman–Crippen LogP) is 0.256. The highest BCUT2D eigenvalue weighted by Crippen LogP contribution is 2.34. The van der Waals surface area contributed by atoms with Crippen LogP contribution in [0.25, 0.3) is 0 Å². The summed E-state index contributed by atoms with van der Waals surface area (Å²) in [5.74, 6) is -3.27. The molecule has 1 unspecified atom stereocenters. The Bertz CT molecular complexity index is 367. The fourth-order valence-electron chi connectivity index (χ4n) is 2.28. The molecule has 0 aromatic heterocycles. The summed E-state index contributed by atoms with van der Waals surface area (Å²) in [6, 6.07) is 0. The third-order valence-corrected chi connectivity index (χ3v) is 3.38. The molecule has 0 aromatic rings. The van der Waals surface area contributed by atoms with Gasteiger partial charge in [-0.2, -0.15) is 13.2 Å². The zero-order valence-corrected chi connectivity index (χ0v) is 10.3. The number of alkyl halides is 3. The van der Waals surface area contributed by atoms with Crippen LogP contribution in [0, 0.1) is 5.92 Å². The molecule has 2 amide bonds. The molecule has 19 heavy (non-hydrogen) atoms. The summed E-state index contributed by atoms with van der Waals surface area (Å²) in [5.41, 5.74) is 0. The Morgan fingerprint density at radius 1 is 1.26 bits per heavy atom. The summed E-state index contributed by atoms with van der Waals surface area (Å²) >= 11 is 0. The van der Waals surface area contributed by atoms with Crippen LogP contribution in [0.5, 0.6) is 0 Å². The SMILES string of the molecule is O=C(CN1CCC(C(F)(F)F)C1=O)N1CCOCC1. The molecule has 2 aliphatic heterocycles. The maximum atomic E-state index is 12.5. The lowest BCUT2D eigenvalue weighted by molar-refractivity contribution is -0.181. The Hall–Kier alpha value is -1.31.